The Bertz CT molecular complexity index is 522. The molecule has 0 unspecified atom stereocenters. The number of hydrogen-bond donors (Lipinski definition) is 1. The Kier molecular flexibility index (Phi) is 4.12. The number of carbonyl (C=O) groups is 2. The average molecular weight is 278 g/mol. The van der Waals surface area contributed by atoms with E-state index < -0.39 is 0 Å². The van der Waals surface area contributed by atoms with Crippen LogP contribution in [-0.2, 0) is 4.79 Å². The highest BCUT2D eigenvalue weighted by atomic mass is 16.5. The minimum Gasteiger partial charge on any atom is -0.504 e. The van der Waals surface area contributed by atoms with Gasteiger partial charge >= 0.3 is 0 Å². The van der Waals surface area contributed by atoms with E-state index in [1.165, 1.54) is 20.1 Å². The average Bonchev–Trinajstić information content (AvgIpc) is 2.46. The molecular formula is C14H18N2O4. The standard InChI is InChI=1S/C14H18N2O4/c1-10(17)15-5-7-16(8-6-15)14(19)11-3-4-13(20-2)12(18)9-11/h3-4,9,18H,5-8H2,1-2H3. The van der Waals surface area contributed by atoms with Crippen molar-refractivity contribution in [3.8, 4) is 11.5 Å². The zero-order chi connectivity index (χ0) is 14.7. The summed E-state index contributed by atoms with van der Waals surface area (Å²) in [7, 11) is 1.46. The summed E-state index contributed by atoms with van der Waals surface area (Å²) < 4.78 is 4.95. The normalized spacial score (nSPS) is 15.1. The van der Waals surface area contributed by atoms with Gasteiger partial charge in [0.1, 0.15) is 0 Å². The lowest BCUT2D eigenvalue weighted by molar-refractivity contribution is -0.130. The molecule has 0 spiro atoms. The van der Waals surface area contributed by atoms with Gasteiger partial charge in [-0.1, -0.05) is 0 Å². The molecule has 0 atom stereocenters. The van der Waals surface area contributed by atoms with Gasteiger partial charge in [0.15, 0.2) is 11.5 Å². The summed E-state index contributed by atoms with van der Waals surface area (Å²) in [4.78, 5) is 26.9. The zero-order valence-electron chi connectivity index (χ0n) is 11.6. The quantitative estimate of drug-likeness (QED) is 0.864. The molecule has 1 aromatic rings. The first-order chi connectivity index (χ1) is 9.52. The van der Waals surface area contributed by atoms with Crippen LogP contribution < -0.4 is 4.74 Å². The van der Waals surface area contributed by atoms with Gasteiger partial charge in [-0.2, -0.15) is 0 Å². The van der Waals surface area contributed by atoms with Crippen LogP contribution in [0.3, 0.4) is 0 Å². The van der Waals surface area contributed by atoms with E-state index in [0.717, 1.165) is 0 Å². The van der Waals surface area contributed by atoms with E-state index in [4.69, 9.17) is 4.74 Å². The van der Waals surface area contributed by atoms with Crippen LogP contribution in [0.2, 0.25) is 0 Å². The maximum atomic E-state index is 12.3. The first kappa shape index (κ1) is 14.2. The van der Waals surface area contributed by atoms with Gasteiger partial charge in [0.2, 0.25) is 5.91 Å². The Labute approximate surface area is 117 Å². The zero-order valence-corrected chi connectivity index (χ0v) is 11.6. The van der Waals surface area contributed by atoms with Crippen LogP contribution in [-0.4, -0.2) is 60.0 Å². The van der Waals surface area contributed by atoms with Gasteiger partial charge in [-0.25, -0.2) is 0 Å². The number of rotatable bonds is 2. The van der Waals surface area contributed by atoms with Gasteiger partial charge in [-0.15, -0.1) is 0 Å². The molecule has 0 aromatic heterocycles. The highest BCUT2D eigenvalue weighted by Crippen LogP contribution is 2.26. The van der Waals surface area contributed by atoms with Crippen molar-refractivity contribution in [2.45, 2.75) is 6.92 Å². The SMILES string of the molecule is COc1ccc(C(=O)N2CCN(C(C)=O)CC2)cc1O. The van der Waals surface area contributed by atoms with Crippen LogP contribution in [0.4, 0.5) is 0 Å². The van der Waals surface area contributed by atoms with Gasteiger partial charge in [0.25, 0.3) is 5.91 Å². The summed E-state index contributed by atoms with van der Waals surface area (Å²) in [5.74, 6) is 0.161. The second kappa shape index (κ2) is 5.81. The topological polar surface area (TPSA) is 70.1 Å². The fourth-order valence-electron chi connectivity index (χ4n) is 2.23. The monoisotopic (exact) mass is 278 g/mol. The third-order valence-corrected chi connectivity index (χ3v) is 3.44. The molecule has 0 radical (unpaired) electrons. The summed E-state index contributed by atoms with van der Waals surface area (Å²) in [5.41, 5.74) is 0.416. The summed E-state index contributed by atoms with van der Waals surface area (Å²) in [6.07, 6.45) is 0. The van der Waals surface area contributed by atoms with Crippen molar-refractivity contribution in [3.63, 3.8) is 0 Å². The minimum atomic E-state index is -0.147. The van der Waals surface area contributed by atoms with Crippen LogP contribution in [0.25, 0.3) is 0 Å². The number of amides is 2. The van der Waals surface area contributed by atoms with Crippen LogP contribution >= 0.6 is 0 Å². The van der Waals surface area contributed by atoms with Crippen LogP contribution in [0.5, 0.6) is 11.5 Å². The fourth-order valence-corrected chi connectivity index (χ4v) is 2.23. The van der Waals surface area contributed by atoms with E-state index >= 15 is 0 Å². The van der Waals surface area contributed by atoms with Crippen molar-refractivity contribution in [1.82, 2.24) is 9.80 Å². The first-order valence-electron chi connectivity index (χ1n) is 6.44. The van der Waals surface area contributed by atoms with E-state index in [9.17, 15) is 14.7 Å². The molecule has 0 saturated carbocycles. The third-order valence-electron chi connectivity index (χ3n) is 3.44. The number of phenolic OH excluding ortho intramolecular Hbond substituents is 1. The van der Waals surface area contributed by atoms with Crippen LogP contribution in [0.1, 0.15) is 17.3 Å². The molecule has 1 aliphatic rings. The number of aromatic hydroxyl groups is 1. The number of carbonyl (C=O) groups excluding carboxylic acids is 2. The van der Waals surface area contributed by atoms with E-state index in [-0.39, 0.29) is 17.6 Å². The molecule has 1 aromatic carbocycles. The predicted molar refractivity (Wildman–Crippen MR) is 72.8 cm³/mol. The van der Waals surface area contributed by atoms with Crippen molar-refractivity contribution >= 4 is 11.8 Å². The Morgan fingerprint density at radius 3 is 2.25 bits per heavy atom. The highest BCUT2D eigenvalue weighted by molar-refractivity contribution is 5.95. The molecule has 0 aliphatic carbocycles. The molecule has 0 bridgehead atoms. The summed E-state index contributed by atoms with van der Waals surface area (Å²) >= 11 is 0. The number of ether oxygens (including phenoxy) is 1. The van der Waals surface area contributed by atoms with Gasteiger partial charge in [0, 0.05) is 38.7 Å². The molecule has 1 fully saturated rings. The lowest BCUT2D eigenvalue weighted by atomic mass is 10.1. The third kappa shape index (κ3) is 2.84. The van der Waals surface area contributed by atoms with Crippen molar-refractivity contribution in [2.24, 2.45) is 0 Å². The van der Waals surface area contributed by atoms with Crippen LogP contribution in [0, 0.1) is 0 Å². The molecule has 2 rings (SSSR count). The molecule has 6 heteroatoms. The number of benzene rings is 1. The molecule has 1 heterocycles. The number of methoxy groups -OCH3 is 1. The van der Waals surface area contributed by atoms with E-state index in [1.54, 1.807) is 21.9 Å². The summed E-state index contributed by atoms with van der Waals surface area (Å²) in [5, 5.41) is 9.70. The Hall–Kier alpha value is -2.24. The molecule has 1 saturated heterocycles. The van der Waals surface area contributed by atoms with Crippen molar-refractivity contribution < 1.29 is 19.4 Å². The van der Waals surface area contributed by atoms with E-state index in [2.05, 4.69) is 0 Å². The van der Waals surface area contributed by atoms with Crippen molar-refractivity contribution in [1.29, 1.82) is 0 Å². The smallest absolute Gasteiger partial charge is 0.254 e. The molecule has 1 aliphatic heterocycles. The fraction of sp³-hybridized carbons (Fsp3) is 0.429. The van der Waals surface area contributed by atoms with Gasteiger partial charge in [-0.05, 0) is 18.2 Å². The molecular weight excluding hydrogens is 260 g/mol. The second-order valence-corrected chi connectivity index (χ2v) is 4.68. The van der Waals surface area contributed by atoms with Gasteiger partial charge in [0.05, 0.1) is 7.11 Å². The minimum absolute atomic E-state index is 0.0270. The number of hydrogen-bond acceptors (Lipinski definition) is 4. The van der Waals surface area contributed by atoms with E-state index in [0.29, 0.717) is 37.5 Å². The Morgan fingerprint density at radius 1 is 1.15 bits per heavy atom. The molecule has 20 heavy (non-hydrogen) atoms. The second-order valence-electron chi connectivity index (χ2n) is 4.68. The predicted octanol–water partition coefficient (Wildman–Crippen LogP) is 0.705. The van der Waals surface area contributed by atoms with E-state index in [1.807, 2.05) is 0 Å². The van der Waals surface area contributed by atoms with Crippen molar-refractivity contribution in [2.75, 3.05) is 33.3 Å². The highest BCUT2D eigenvalue weighted by Gasteiger charge is 2.23. The number of nitrogens with zero attached hydrogens (tertiary/aromatic N) is 2. The number of piperazine rings is 1. The maximum absolute atomic E-state index is 12.3. The lowest BCUT2D eigenvalue weighted by Crippen LogP contribution is -2.50. The number of phenols is 1. The molecule has 108 valence electrons. The van der Waals surface area contributed by atoms with Crippen LogP contribution in [0.15, 0.2) is 18.2 Å². The van der Waals surface area contributed by atoms with Gasteiger partial charge < -0.3 is 19.6 Å². The van der Waals surface area contributed by atoms with Gasteiger partial charge in [-0.3, -0.25) is 9.59 Å². The van der Waals surface area contributed by atoms with Crippen molar-refractivity contribution in [3.05, 3.63) is 23.8 Å². The first-order valence-corrected chi connectivity index (χ1v) is 6.44. The molecule has 2 amide bonds. The summed E-state index contributed by atoms with van der Waals surface area (Å²) in [6.45, 7) is 3.63. The summed E-state index contributed by atoms with van der Waals surface area (Å²) in [6, 6.07) is 4.59. The lowest BCUT2D eigenvalue weighted by Gasteiger charge is -2.34. The Balaban J connectivity index is 2.05. The Morgan fingerprint density at radius 2 is 1.75 bits per heavy atom. The molecule has 6 nitrogen and oxygen atoms in total. The maximum Gasteiger partial charge on any atom is 0.254 e. The largest absolute Gasteiger partial charge is 0.504 e. The molecule has 1 N–H and O–H groups in total.